The average Bonchev–Trinajstić information content (AvgIpc) is 2.18. The molecule has 0 N–H and O–H groups in total. The van der Waals surface area contributed by atoms with E-state index in [0.717, 1.165) is 17.7 Å². The molecular weight excluding hydrogens is 174 g/mol. The van der Waals surface area contributed by atoms with Crippen LogP contribution >= 0.6 is 0 Å². The van der Waals surface area contributed by atoms with Crippen LogP contribution in [0.3, 0.4) is 0 Å². The van der Waals surface area contributed by atoms with Crippen LogP contribution in [0.5, 0.6) is 0 Å². The highest BCUT2D eigenvalue weighted by molar-refractivity contribution is 5.95. The van der Waals surface area contributed by atoms with Crippen molar-refractivity contribution in [2.75, 3.05) is 0 Å². The number of hydrogen-bond acceptors (Lipinski definition) is 2. The lowest BCUT2D eigenvalue weighted by atomic mass is 9.99. The average molecular weight is 191 g/mol. The summed E-state index contributed by atoms with van der Waals surface area (Å²) in [6, 6.07) is 3.73. The van der Waals surface area contributed by atoms with Crippen molar-refractivity contribution in [2.24, 2.45) is 5.92 Å². The second-order valence-electron chi connectivity index (χ2n) is 3.83. The molecule has 0 spiro atoms. The minimum absolute atomic E-state index is 0.201. The Morgan fingerprint density at radius 1 is 1.50 bits per heavy atom. The third kappa shape index (κ3) is 2.95. The van der Waals surface area contributed by atoms with Crippen LogP contribution in [0.1, 0.15) is 42.7 Å². The molecule has 0 aliphatic carbocycles. The van der Waals surface area contributed by atoms with Crippen LogP contribution in [-0.2, 0) is 0 Å². The molecule has 0 bridgehead atoms. The molecule has 14 heavy (non-hydrogen) atoms. The topological polar surface area (TPSA) is 30.0 Å². The molecule has 0 radical (unpaired) electrons. The molecule has 0 fully saturated rings. The Hall–Kier alpha value is -1.18. The summed E-state index contributed by atoms with van der Waals surface area (Å²) in [5.41, 5.74) is 1.68. The molecule has 0 amide bonds. The number of hydrogen-bond donors (Lipinski definition) is 0. The Kier molecular flexibility index (Phi) is 3.81. The second kappa shape index (κ2) is 4.89. The molecular formula is C12H17NO. The maximum absolute atomic E-state index is 11.7. The zero-order valence-corrected chi connectivity index (χ0v) is 9.08. The van der Waals surface area contributed by atoms with Gasteiger partial charge in [-0.25, -0.2) is 0 Å². The summed E-state index contributed by atoms with van der Waals surface area (Å²) in [4.78, 5) is 15.8. The minimum atomic E-state index is 0.201. The van der Waals surface area contributed by atoms with Gasteiger partial charge < -0.3 is 0 Å². The Balaban J connectivity index is 2.65. The smallest absolute Gasteiger partial charge is 0.164 e. The standard InChI is InChI=1S/C12H17NO/c1-4-9(2)7-12(14)11-6-5-10(3)13-8-11/h5-6,8-9H,4,7H2,1-3H3. The third-order valence-corrected chi connectivity index (χ3v) is 2.46. The first kappa shape index (κ1) is 10.9. The number of ketones is 1. The van der Waals surface area contributed by atoms with Crippen LogP contribution in [0.2, 0.25) is 0 Å². The lowest BCUT2D eigenvalue weighted by Gasteiger charge is -2.06. The summed E-state index contributed by atoms with van der Waals surface area (Å²) < 4.78 is 0. The summed E-state index contributed by atoms with van der Waals surface area (Å²) in [5, 5.41) is 0. The number of rotatable bonds is 4. The van der Waals surface area contributed by atoms with Gasteiger partial charge in [0.1, 0.15) is 0 Å². The maximum atomic E-state index is 11.7. The van der Waals surface area contributed by atoms with Gasteiger partial charge in [0.15, 0.2) is 5.78 Å². The minimum Gasteiger partial charge on any atom is -0.294 e. The van der Waals surface area contributed by atoms with Crippen molar-refractivity contribution in [3.05, 3.63) is 29.6 Å². The maximum Gasteiger partial charge on any atom is 0.164 e. The molecule has 0 aromatic carbocycles. The first-order valence-electron chi connectivity index (χ1n) is 5.09. The van der Waals surface area contributed by atoms with Gasteiger partial charge in [-0.1, -0.05) is 20.3 Å². The van der Waals surface area contributed by atoms with Crippen molar-refractivity contribution in [1.29, 1.82) is 0 Å². The Morgan fingerprint density at radius 2 is 2.21 bits per heavy atom. The molecule has 2 nitrogen and oxygen atoms in total. The Labute approximate surface area is 85.4 Å². The van der Waals surface area contributed by atoms with E-state index in [9.17, 15) is 4.79 Å². The number of carbonyl (C=O) groups is 1. The zero-order chi connectivity index (χ0) is 10.6. The van der Waals surface area contributed by atoms with E-state index >= 15 is 0 Å². The van der Waals surface area contributed by atoms with Gasteiger partial charge in [0, 0.05) is 23.9 Å². The second-order valence-corrected chi connectivity index (χ2v) is 3.83. The fourth-order valence-electron chi connectivity index (χ4n) is 1.21. The highest BCUT2D eigenvalue weighted by Crippen LogP contribution is 2.11. The number of nitrogens with zero attached hydrogens (tertiary/aromatic N) is 1. The molecule has 0 aliphatic heterocycles. The van der Waals surface area contributed by atoms with Crippen LogP contribution in [0.15, 0.2) is 18.3 Å². The van der Waals surface area contributed by atoms with Gasteiger partial charge in [0.05, 0.1) is 0 Å². The molecule has 0 aliphatic rings. The van der Waals surface area contributed by atoms with E-state index in [4.69, 9.17) is 0 Å². The molecule has 0 saturated heterocycles. The van der Waals surface area contributed by atoms with Crippen LogP contribution in [0, 0.1) is 12.8 Å². The zero-order valence-electron chi connectivity index (χ0n) is 9.08. The van der Waals surface area contributed by atoms with E-state index in [1.807, 2.05) is 19.1 Å². The molecule has 1 aromatic heterocycles. The van der Waals surface area contributed by atoms with Crippen molar-refractivity contribution in [3.8, 4) is 0 Å². The van der Waals surface area contributed by atoms with Gasteiger partial charge in [0.25, 0.3) is 0 Å². The summed E-state index contributed by atoms with van der Waals surface area (Å²) in [6.45, 7) is 6.12. The molecule has 1 atom stereocenters. The van der Waals surface area contributed by atoms with E-state index in [1.54, 1.807) is 6.20 Å². The van der Waals surface area contributed by atoms with E-state index in [2.05, 4.69) is 18.8 Å². The lowest BCUT2D eigenvalue weighted by Crippen LogP contribution is -2.05. The van der Waals surface area contributed by atoms with Gasteiger partial charge in [-0.15, -0.1) is 0 Å². The normalized spacial score (nSPS) is 12.5. The highest BCUT2D eigenvalue weighted by Gasteiger charge is 2.09. The highest BCUT2D eigenvalue weighted by atomic mass is 16.1. The van der Waals surface area contributed by atoms with Gasteiger partial charge in [-0.2, -0.15) is 0 Å². The summed E-state index contributed by atoms with van der Waals surface area (Å²) in [5.74, 6) is 0.663. The van der Waals surface area contributed by atoms with Crippen LogP contribution < -0.4 is 0 Å². The van der Waals surface area contributed by atoms with Crippen molar-refractivity contribution in [1.82, 2.24) is 4.98 Å². The summed E-state index contributed by atoms with van der Waals surface area (Å²) in [6.07, 6.45) is 3.34. The van der Waals surface area contributed by atoms with E-state index in [0.29, 0.717) is 12.3 Å². The Morgan fingerprint density at radius 3 is 2.71 bits per heavy atom. The van der Waals surface area contributed by atoms with Gasteiger partial charge >= 0.3 is 0 Å². The third-order valence-electron chi connectivity index (χ3n) is 2.46. The number of pyridine rings is 1. The molecule has 0 saturated carbocycles. The summed E-state index contributed by atoms with van der Waals surface area (Å²) in [7, 11) is 0. The fourth-order valence-corrected chi connectivity index (χ4v) is 1.21. The van der Waals surface area contributed by atoms with Crippen molar-refractivity contribution in [2.45, 2.75) is 33.6 Å². The molecule has 1 heterocycles. The summed E-state index contributed by atoms with van der Waals surface area (Å²) >= 11 is 0. The van der Waals surface area contributed by atoms with Gasteiger partial charge in [-0.05, 0) is 25.0 Å². The van der Waals surface area contributed by atoms with Crippen molar-refractivity contribution in [3.63, 3.8) is 0 Å². The predicted molar refractivity (Wildman–Crippen MR) is 57.4 cm³/mol. The predicted octanol–water partition coefficient (Wildman–Crippen LogP) is 3.01. The molecule has 76 valence electrons. The first-order chi connectivity index (χ1) is 6.63. The van der Waals surface area contributed by atoms with Crippen LogP contribution in [0.4, 0.5) is 0 Å². The molecule has 2 heteroatoms. The fraction of sp³-hybridized carbons (Fsp3) is 0.500. The number of aromatic nitrogens is 1. The lowest BCUT2D eigenvalue weighted by molar-refractivity contribution is 0.0963. The van der Waals surface area contributed by atoms with Crippen molar-refractivity contribution < 1.29 is 4.79 Å². The van der Waals surface area contributed by atoms with Crippen molar-refractivity contribution >= 4 is 5.78 Å². The number of Topliss-reactive ketones (excluding diaryl/α,β-unsaturated/α-hetero) is 1. The van der Waals surface area contributed by atoms with Gasteiger partial charge in [-0.3, -0.25) is 9.78 Å². The van der Waals surface area contributed by atoms with Crippen LogP contribution in [-0.4, -0.2) is 10.8 Å². The molecule has 1 rings (SSSR count). The largest absolute Gasteiger partial charge is 0.294 e. The quantitative estimate of drug-likeness (QED) is 0.685. The van der Waals surface area contributed by atoms with E-state index in [-0.39, 0.29) is 5.78 Å². The van der Waals surface area contributed by atoms with E-state index < -0.39 is 0 Å². The first-order valence-corrected chi connectivity index (χ1v) is 5.09. The Bertz CT molecular complexity index is 303. The monoisotopic (exact) mass is 191 g/mol. The van der Waals surface area contributed by atoms with E-state index in [1.165, 1.54) is 0 Å². The van der Waals surface area contributed by atoms with Gasteiger partial charge in [0.2, 0.25) is 0 Å². The SMILES string of the molecule is CCC(C)CC(=O)c1ccc(C)nc1. The molecule has 1 unspecified atom stereocenters. The number of aryl methyl sites for hydroxylation is 1. The molecule has 1 aromatic rings. The van der Waals surface area contributed by atoms with Crippen LogP contribution in [0.25, 0.3) is 0 Å². The number of carbonyl (C=O) groups excluding carboxylic acids is 1.